The minimum absolute atomic E-state index is 0.0556. The molecule has 20 heavy (non-hydrogen) atoms. The highest BCUT2D eigenvalue weighted by Gasteiger charge is 2.38. The molecule has 0 saturated carbocycles. The minimum atomic E-state index is -0.161. The normalized spacial score (nSPS) is 22.7. The molecule has 1 aromatic carbocycles. The van der Waals surface area contributed by atoms with Gasteiger partial charge >= 0.3 is 0 Å². The summed E-state index contributed by atoms with van der Waals surface area (Å²) in [7, 11) is 1.79. The Bertz CT molecular complexity index is 473. The molecule has 0 unspecified atom stereocenters. The summed E-state index contributed by atoms with van der Waals surface area (Å²) in [5.41, 5.74) is 1.03. The summed E-state index contributed by atoms with van der Waals surface area (Å²) >= 11 is 0. The minimum Gasteiger partial charge on any atom is -0.356 e. The molecule has 2 atom stereocenters. The molecule has 1 fully saturated rings. The highest BCUT2D eigenvalue weighted by Crippen LogP contribution is 2.35. The Labute approximate surface area is 120 Å². The Kier molecular flexibility index (Phi) is 4.77. The van der Waals surface area contributed by atoms with E-state index in [1.165, 1.54) is 0 Å². The van der Waals surface area contributed by atoms with E-state index >= 15 is 0 Å². The Morgan fingerprint density at radius 2 is 2.05 bits per heavy atom. The van der Waals surface area contributed by atoms with Crippen LogP contribution in [0.3, 0.4) is 0 Å². The van der Waals surface area contributed by atoms with Gasteiger partial charge in [0.05, 0.1) is 12.0 Å². The maximum atomic E-state index is 12.3. The second-order valence-electron chi connectivity index (χ2n) is 5.30. The first-order valence-electron chi connectivity index (χ1n) is 7.23. The van der Waals surface area contributed by atoms with E-state index in [0.717, 1.165) is 12.0 Å². The fraction of sp³-hybridized carbons (Fsp3) is 0.500. The van der Waals surface area contributed by atoms with Crippen LogP contribution in [-0.2, 0) is 9.59 Å². The maximum Gasteiger partial charge on any atom is 0.225 e. The van der Waals surface area contributed by atoms with Crippen LogP contribution in [0.4, 0.5) is 0 Å². The summed E-state index contributed by atoms with van der Waals surface area (Å²) in [5.74, 6) is 0.00472. The third-order valence-corrected chi connectivity index (χ3v) is 3.89. The van der Waals surface area contributed by atoms with Crippen LogP contribution >= 0.6 is 0 Å². The largest absolute Gasteiger partial charge is 0.356 e. The molecule has 0 aromatic heterocycles. The van der Waals surface area contributed by atoms with E-state index in [0.29, 0.717) is 19.4 Å². The summed E-state index contributed by atoms with van der Waals surface area (Å²) in [6.45, 7) is 2.72. The van der Waals surface area contributed by atoms with Gasteiger partial charge in [0, 0.05) is 20.0 Å². The van der Waals surface area contributed by atoms with Gasteiger partial charge in [0.2, 0.25) is 11.8 Å². The number of hydrogen-bond donors (Lipinski definition) is 1. The Balaban J connectivity index is 2.24. The van der Waals surface area contributed by atoms with Gasteiger partial charge in [-0.3, -0.25) is 9.59 Å². The Morgan fingerprint density at radius 1 is 1.35 bits per heavy atom. The fourth-order valence-electron chi connectivity index (χ4n) is 2.80. The number of nitrogens with one attached hydrogen (secondary N) is 1. The van der Waals surface area contributed by atoms with Crippen molar-refractivity contribution < 1.29 is 9.59 Å². The van der Waals surface area contributed by atoms with Crippen LogP contribution < -0.4 is 5.32 Å². The number of piperidine rings is 1. The van der Waals surface area contributed by atoms with Crippen molar-refractivity contribution in [2.24, 2.45) is 5.92 Å². The van der Waals surface area contributed by atoms with Crippen LogP contribution in [0.1, 0.15) is 37.8 Å². The van der Waals surface area contributed by atoms with Crippen molar-refractivity contribution in [1.82, 2.24) is 10.2 Å². The molecular formula is C16H22N2O2. The molecule has 108 valence electrons. The Morgan fingerprint density at radius 3 is 2.70 bits per heavy atom. The summed E-state index contributed by atoms with van der Waals surface area (Å²) in [6.07, 6.45) is 1.99. The molecular weight excluding hydrogens is 252 g/mol. The van der Waals surface area contributed by atoms with Crippen LogP contribution in [0.5, 0.6) is 0 Å². The van der Waals surface area contributed by atoms with Crippen molar-refractivity contribution in [2.75, 3.05) is 13.6 Å². The van der Waals surface area contributed by atoms with E-state index in [9.17, 15) is 9.59 Å². The van der Waals surface area contributed by atoms with Gasteiger partial charge in [-0.1, -0.05) is 37.3 Å². The number of carbonyl (C=O) groups is 2. The predicted molar refractivity (Wildman–Crippen MR) is 78.0 cm³/mol. The molecule has 0 bridgehead atoms. The lowest BCUT2D eigenvalue weighted by Crippen LogP contribution is -2.46. The zero-order valence-corrected chi connectivity index (χ0v) is 12.1. The lowest BCUT2D eigenvalue weighted by molar-refractivity contribution is -0.141. The van der Waals surface area contributed by atoms with Crippen molar-refractivity contribution in [3.05, 3.63) is 35.9 Å². The van der Waals surface area contributed by atoms with Gasteiger partial charge in [0.1, 0.15) is 0 Å². The number of hydrogen-bond acceptors (Lipinski definition) is 2. The average Bonchev–Trinajstić information content (AvgIpc) is 2.48. The van der Waals surface area contributed by atoms with Crippen LogP contribution in [0.25, 0.3) is 0 Å². The van der Waals surface area contributed by atoms with Gasteiger partial charge in [-0.25, -0.2) is 0 Å². The first-order chi connectivity index (χ1) is 9.65. The van der Waals surface area contributed by atoms with E-state index in [-0.39, 0.29) is 23.8 Å². The van der Waals surface area contributed by atoms with Gasteiger partial charge < -0.3 is 10.2 Å². The number of benzene rings is 1. The number of nitrogens with zero attached hydrogens (tertiary/aromatic N) is 1. The van der Waals surface area contributed by atoms with E-state index in [1.54, 1.807) is 11.9 Å². The SMILES string of the molecule is CCCNC(=O)[C@H]1CCC(=O)N(C)[C@@H]1c1ccccc1. The van der Waals surface area contributed by atoms with Crippen molar-refractivity contribution >= 4 is 11.8 Å². The summed E-state index contributed by atoms with van der Waals surface area (Å²) in [6, 6.07) is 9.65. The lowest BCUT2D eigenvalue weighted by atomic mass is 9.84. The fourth-order valence-corrected chi connectivity index (χ4v) is 2.80. The molecule has 1 aliphatic heterocycles. The molecule has 0 spiro atoms. The monoisotopic (exact) mass is 274 g/mol. The summed E-state index contributed by atoms with van der Waals surface area (Å²) < 4.78 is 0. The summed E-state index contributed by atoms with van der Waals surface area (Å²) in [5, 5.41) is 2.96. The highest BCUT2D eigenvalue weighted by atomic mass is 16.2. The van der Waals surface area contributed by atoms with E-state index in [4.69, 9.17) is 0 Å². The number of amides is 2. The second-order valence-corrected chi connectivity index (χ2v) is 5.30. The molecule has 1 aliphatic rings. The molecule has 2 amide bonds. The van der Waals surface area contributed by atoms with Crippen LogP contribution in [-0.4, -0.2) is 30.3 Å². The second kappa shape index (κ2) is 6.55. The smallest absolute Gasteiger partial charge is 0.225 e. The first-order valence-corrected chi connectivity index (χ1v) is 7.23. The third-order valence-electron chi connectivity index (χ3n) is 3.89. The molecule has 1 aromatic rings. The van der Waals surface area contributed by atoms with Gasteiger partial charge in [-0.2, -0.15) is 0 Å². The first kappa shape index (κ1) is 14.6. The molecule has 1 N–H and O–H groups in total. The van der Waals surface area contributed by atoms with Gasteiger partial charge in [-0.05, 0) is 18.4 Å². The molecule has 1 heterocycles. The standard InChI is InChI=1S/C16H22N2O2/c1-3-11-17-16(20)13-9-10-14(19)18(2)15(13)12-7-5-4-6-8-12/h4-8,13,15H,3,9-11H2,1-2H3,(H,17,20)/t13-,15+/m0/s1. The molecule has 2 rings (SSSR count). The van der Waals surface area contributed by atoms with E-state index in [1.807, 2.05) is 37.3 Å². The number of rotatable bonds is 4. The number of carbonyl (C=O) groups excluding carboxylic acids is 2. The summed E-state index contributed by atoms with van der Waals surface area (Å²) in [4.78, 5) is 26.0. The molecule has 1 saturated heterocycles. The Hall–Kier alpha value is -1.84. The molecule has 0 radical (unpaired) electrons. The van der Waals surface area contributed by atoms with E-state index in [2.05, 4.69) is 5.32 Å². The third kappa shape index (κ3) is 3.00. The van der Waals surface area contributed by atoms with Crippen molar-refractivity contribution in [3.8, 4) is 0 Å². The van der Waals surface area contributed by atoms with Crippen molar-refractivity contribution in [2.45, 2.75) is 32.2 Å². The molecule has 4 nitrogen and oxygen atoms in total. The maximum absolute atomic E-state index is 12.3. The topological polar surface area (TPSA) is 49.4 Å². The zero-order chi connectivity index (χ0) is 14.5. The zero-order valence-electron chi connectivity index (χ0n) is 12.1. The van der Waals surface area contributed by atoms with Crippen LogP contribution in [0.15, 0.2) is 30.3 Å². The average molecular weight is 274 g/mol. The number of likely N-dealkylation sites (tertiary alicyclic amines) is 1. The van der Waals surface area contributed by atoms with Crippen molar-refractivity contribution in [1.29, 1.82) is 0 Å². The molecule has 4 heteroatoms. The lowest BCUT2D eigenvalue weighted by Gasteiger charge is -2.38. The quantitative estimate of drug-likeness (QED) is 0.914. The van der Waals surface area contributed by atoms with Crippen LogP contribution in [0.2, 0.25) is 0 Å². The predicted octanol–water partition coefficient (Wildman–Crippen LogP) is 2.12. The molecule has 0 aliphatic carbocycles. The van der Waals surface area contributed by atoms with Crippen molar-refractivity contribution in [3.63, 3.8) is 0 Å². The van der Waals surface area contributed by atoms with Gasteiger partial charge in [-0.15, -0.1) is 0 Å². The van der Waals surface area contributed by atoms with Crippen LogP contribution in [0, 0.1) is 5.92 Å². The highest BCUT2D eigenvalue weighted by molar-refractivity contribution is 5.84. The van der Waals surface area contributed by atoms with Gasteiger partial charge in [0.25, 0.3) is 0 Å². The van der Waals surface area contributed by atoms with Gasteiger partial charge in [0.15, 0.2) is 0 Å². The van der Waals surface area contributed by atoms with E-state index < -0.39 is 0 Å².